The smallest absolute Gasteiger partial charge is 0.253 e. The van der Waals surface area contributed by atoms with Gasteiger partial charge in [-0.3, -0.25) is 0 Å². The molecule has 0 spiro atoms. The van der Waals surface area contributed by atoms with Gasteiger partial charge in [-0.1, -0.05) is 19.8 Å². The highest BCUT2D eigenvalue weighted by Crippen LogP contribution is 2.27. The summed E-state index contributed by atoms with van der Waals surface area (Å²) in [5.41, 5.74) is 0.992. The fourth-order valence-electron chi connectivity index (χ4n) is 1.46. The molecule has 0 fully saturated rings. The highest BCUT2D eigenvalue weighted by Gasteiger charge is 2.23. The quantitative estimate of drug-likeness (QED) is 0.815. The summed E-state index contributed by atoms with van der Waals surface area (Å²) in [7, 11) is -1.96. The molecule has 19 heavy (non-hydrogen) atoms. The molecule has 0 atom stereocenters. The Kier molecular flexibility index (Phi) is 5.56. The van der Waals surface area contributed by atoms with Gasteiger partial charge in [-0.2, -0.15) is 4.31 Å². The van der Waals surface area contributed by atoms with Crippen LogP contribution in [0, 0.1) is 19.3 Å². The van der Waals surface area contributed by atoms with Gasteiger partial charge in [-0.15, -0.1) is 17.8 Å². The maximum absolute atomic E-state index is 12.2. The second-order valence-corrected chi connectivity index (χ2v) is 8.08. The number of thiophene rings is 1. The summed E-state index contributed by atoms with van der Waals surface area (Å²) < 4.78 is 26.0. The Morgan fingerprint density at radius 1 is 1.53 bits per heavy atom. The van der Waals surface area contributed by atoms with Gasteiger partial charge in [-0.25, -0.2) is 8.42 Å². The van der Waals surface area contributed by atoms with Crippen LogP contribution >= 0.6 is 11.3 Å². The van der Waals surface area contributed by atoms with Crippen LogP contribution in [0.2, 0.25) is 0 Å². The Balaban J connectivity index is 2.97. The zero-order valence-electron chi connectivity index (χ0n) is 11.7. The minimum absolute atomic E-state index is 0.0822. The lowest BCUT2D eigenvalue weighted by Gasteiger charge is -2.12. The number of nitrogens with zero attached hydrogens (tertiary/aromatic N) is 1. The van der Waals surface area contributed by atoms with E-state index >= 15 is 0 Å². The summed E-state index contributed by atoms with van der Waals surface area (Å²) in [5.74, 6) is 2.34. The molecule has 1 aromatic heterocycles. The normalized spacial score (nSPS) is 12.1. The number of aryl methyl sites for hydroxylation is 1. The first-order chi connectivity index (χ1) is 8.78. The van der Waals surface area contributed by atoms with E-state index in [1.807, 2.05) is 6.92 Å². The van der Waals surface area contributed by atoms with Gasteiger partial charge < -0.3 is 5.32 Å². The Morgan fingerprint density at radius 2 is 2.16 bits per heavy atom. The molecule has 0 bridgehead atoms. The Hall–Kier alpha value is -0.870. The van der Waals surface area contributed by atoms with Crippen molar-refractivity contribution >= 4 is 21.4 Å². The van der Waals surface area contributed by atoms with Gasteiger partial charge in [0.25, 0.3) is 10.0 Å². The first kappa shape index (κ1) is 16.2. The standard InChI is InChI=1S/C13H20N2O2S2/c1-6-7-15(5)19(16,17)13-8-11(4)12(18-13)9-14-10(2)3/h1,8,10,14H,7,9H2,2-5H3. The van der Waals surface area contributed by atoms with Crippen LogP contribution in [0.4, 0.5) is 0 Å². The first-order valence-electron chi connectivity index (χ1n) is 6.01. The minimum atomic E-state index is -3.46. The fourth-order valence-corrected chi connectivity index (χ4v) is 4.29. The van der Waals surface area contributed by atoms with Crippen molar-refractivity contribution in [1.82, 2.24) is 9.62 Å². The van der Waals surface area contributed by atoms with E-state index in [2.05, 4.69) is 25.1 Å². The number of hydrogen-bond donors (Lipinski definition) is 1. The highest BCUT2D eigenvalue weighted by atomic mass is 32.2. The number of sulfonamides is 1. The maximum atomic E-state index is 12.2. The molecule has 1 rings (SSSR count). The van der Waals surface area contributed by atoms with Crippen LogP contribution in [-0.2, 0) is 16.6 Å². The lowest BCUT2D eigenvalue weighted by Crippen LogP contribution is -2.26. The molecule has 1 aromatic rings. The average Bonchev–Trinajstić information content (AvgIpc) is 2.69. The molecule has 0 amide bonds. The SMILES string of the molecule is C#CCN(C)S(=O)(=O)c1cc(C)c(CNC(C)C)s1. The number of rotatable bonds is 6. The molecule has 6 heteroatoms. The zero-order valence-corrected chi connectivity index (χ0v) is 13.4. The topological polar surface area (TPSA) is 49.4 Å². The first-order valence-corrected chi connectivity index (χ1v) is 8.27. The Labute approximate surface area is 119 Å². The molecule has 0 aliphatic heterocycles. The van der Waals surface area contributed by atoms with Gasteiger partial charge in [0.05, 0.1) is 6.54 Å². The van der Waals surface area contributed by atoms with E-state index in [-0.39, 0.29) is 6.54 Å². The Morgan fingerprint density at radius 3 is 2.68 bits per heavy atom. The van der Waals surface area contributed by atoms with E-state index in [0.29, 0.717) is 16.8 Å². The molecule has 4 nitrogen and oxygen atoms in total. The van der Waals surface area contributed by atoms with Crippen molar-refractivity contribution in [3.8, 4) is 12.3 Å². The molecule has 106 valence electrons. The van der Waals surface area contributed by atoms with E-state index in [1.54, 1.807) is 6.07 Å². The van der Waals surface area contributed by atoms with Gasteiger partial charge in [0.15, 0.2) is 0 Å². The summed E-state index contributed by atoms with van der Waals surface area (Å²) in [6.45, 7) is 6.80. The fraction of sp³-hybridized carbons (Fsp3) is 0.538. The molecule has 0 saturated carbocycles. The van der Waals surface area contributed by atoms with Crippen molar-refractivity contribution in [2.75, 3.05) is 13.6 Å². The van der Waals surface area contributed by atoms with Crippen molar-refractivity contribution in [3.63, 3.8) is 0 Å². The number of terminal acetylenes is 1. The summed E-state index contributed by atoms with van der Waals surface area (Å²) in [6.07, 6.45) is 5.16. The molecular formula is C13H20N2O2S2. The molecule has 0 aliphatic rings. The van der Waals surface area contributed by atoms with Gasteiger partial charge in [0.2, 0.25) is 0 Å². The molecule has 1 N–H and O–H groups in total. The third-order valence-electron chi connectivity index (χ3n) is 2.65. The molecular weight excluding hydrogens is 280 g/mol. The predicted octanol–water partition coefficient (Wildman–Crippen LogP) is 1.81. The minimum Gasteiger partial charge on any atom is -0.310 e. The summed E-state index contributed by atoms with van der Waals surface area (Å²) in [4.78, 5) is 1.04. The van der Waals surface area contributed by atoms with Crippen LogP contribution in [0.1, 0.15) is 24.3 Å². The van der Waals surface area contributed by atoms with Crippen molar-refractivity contribution in [2.45, 2.75) is 37.6 Å². The third-order valence-corrected chi connectivity index (χ3v) is 6.14. The zero-order chi connectivity index (χ0) is 14.6. The summed E-state index contributed by atoms with van der Waals surface area (Å²) >= 11 is 1.30. The third kappa shape index (κ3) is 4.05. The Bertz CT molecular complexity index is 568. The monoisotopic (exact) mass is 300 g/mol. The predicted molar refractivity (Wildman–Crippen MR) is 79.7 cm³/mol. The van der Waals surface area contributed by atoms with Crippen LogP contribution in [0.5, 0.6) is 0 Å². The van der Waals surface area contributed by atoms with E-state index < -0.39 is 10.0 Å². The average molecular weight is 300 g/mol. The number of nitrogens with one attached hydrogen (secondary N) is 1. The van der Waals surface area contributed by atoms with Gasteiger partial charge in [0, 0.05) is 24.5 Å². The summed E-state index contributed by atoms with van der Waals surface area (Å²) in [6, 6.07) is 2.08. The van der Waals surface area contributed by atoms with Gasteiger partial charge in [-0.05, 0) is 18.6 Å². The van der Waals surface area contributed by atoms with Crippen LogP contribution in [0.15, 0.2) is 10.3 Å². The van der Waals surface area contributed by atoms with Gasteiger partial charge in [0.1, 0.15) is 4.21 Å². The molecule has 0 aromatic carbocycles. The lowest BCUT2D eigenvalue weighted by molar-refractivity contribution is 0.505. The van der Waals surface area contributed by atoms with Crippen LogP contribution in [-0.4, -0.2) is 32.4 Å². The van der Waals surface area contributed by atoms with E-state index in [0.717, 1.165) is 10.4 Å². The van der Waals surface area contributed by atoms with E-state index in [4.69, 9.17) is 6.42 Å². The molecule has 0 aliphatic carbocycles. The van der Waals surface area contributed by atoms with Crippen molar-refractivity contribution in [3.05, 3.63) is 16.5 Å². The van der Waals surface area contributed by atoms with E-state index in [9.17, 15) is 8.42 Å². The van der Waals surface area contributed by atoms with E-state index in [1.165, 1.54) is 22.7 Å². The lowest BCUT2D eigenvalue weighted by atomic mass is 10.3. The summed E-state index contributed by atoms with van der Waals surface area (Å²) in [5, 5.41) is 3.29. The van der Waals surface area contributed by atoms with Crippen LogP contribution in [0.3, 0.4) is 0 Å². The molecule has 0 unspecified atom stereocenters. The molecule has 0 saturated heterocycles. The largest absolute Gasteiger partial charge is 0.310 e. The van der Waals surface area contributed by atoms with Crippen LogP contribution < -0.4 is 5.32 Å². The van der Waals surface area contributed by atoms with Crippen molar-refractivity contribution < 1.29 is 8.42 Å². The maximum Gasteiger partial charge on any atom is 0.253 e. The van der Waals surface area contributed by atoms with Crippen LogP contribution in [0.25, 0.3) is 0 Å². The second-order valence-electron chi connectivity index (χ2n) is 4.67. The van der Waals surface area contributed by atoms with Crippen molar-refractivity contribution in [2.24, 2.45) is 0 Å². The van der Waals surface area contributed by atoms with Gasteiger partial charge >= 0.3 is 0 Å². The highest BCUT2D eigenvalue weighted by molar-refractivity contribution is 7.91. The molecule has 0 radical (unpaired) electrons. The molecule has 1 heterocycles. The van der Waals surface area contributed by atoms with Crippen molar-refractivity contribution in [1.29, 1.82) is 0 Å². The second kappa shape index (κ2) is 6.53. The number of hydrogen-bond acceptors (Lipinski definition) is 4.